The van der Waals surface area contributed by atoms with Crippen LogP contribution in [0, 0.1) is 0 Å². The zero-order chi connectivity index (χ0) is 10.1. The van der Waals surface area contributed by atoms with Crippen molar-refractivity contribution in [3.05, 3.63) is 23.8 Å². The summed E-state index contributed by atoms with van der Waals surface area (Å²) in [4.78, 5) is 0. The van der Waals surface area contributed by atoms with Crippen molar-refractivity contribution in [1.82, 2.24) is 0 Å². The molecule has 1 aromatic carbocycles. The van der Waals surface area contributed by atoms with Crippen molar-refractivity contribution in [2.24, 2.45) is 5.73 Å². The number of ether oxygens (including phenoxy) is 2. The highest BCUT2D eigenvalue weighted by molar-refractivity contribution is 5.50. The maximum absolute atomic E-state index is 6.01. The molecule has 0 bridgehead atoms. The third-order valence-corrected chi connectivity index (χ3v) is 2.50. The molecular weight excluding hydrogens is 180 g/mol. The monoisotopic (exact) mass is 194 g/mol. The molecule has 0 amide bonds. The van der Waals surface area contributed by atoms with Gasteiger partial charge in [0.15, 0.2) is 0 Å². The molecule has 14 heavy (non-hydrogen) atoms. The Labute approximate surface area is 82.8 Å². The number of hydrogen-bond acceptors (Lipinski definition) is 4. The van der Waals surface area contributed by atoms with Crippen molar-refractivity contribution in [3.63, 3.8) is 0 Å². The maximum Gasteiger partial charge on any atom is 0.124 e. The molecule has 0 saturated heterocycles. The lowest BCUT2D eigenvalue weighted by Gasteiger charge is -2.30. The van der Waals surface area contributed by atoms with E-state index in [0.29, 0.717) is 12.3 Å². The van der Waals surface area contributed by atoms with E-state index in [4.69, 9.17) is 20.9 Å². The topological polar surface area (TPSA) is 70.5 Å². The first kappa shape index (κ1) is 9.30. The molecule has 1 aliphatic rings. The van der Waals surface area contributed by atoms with Crippen LogP contribution in [0.2, 0.25) is 0 Å². The molecule has 4 N–H and O–H groups in total. The second kappa shape index (κ2) is 3.48. The lowest BCUT2D eigenvalue weighted by molar-refractivity contribution is 0.0260. The standard InChI is InChI=1S/C10H14N2O2/c1-13-9-5-14-8-3-2-6(11)4-7(8)10(9)12/h2-4,9-10H,5,11-12H2,1H3. The summed E-state index contributed by atoms with van der Waals surface area (Å²) in [5, 5.41) is 0. The van der Waals surface area contributed by atoms with Gasteiger partial charge in [-0.25, -0.2) is 0 Å². The molecule has 2 rings (SSSR count). The van der Waals surface area contributed by atoms with Crippen LogP contribution in [0.1, 0.15) is 11.6 Å². The van der Waals surface area contributed by atoms with Crippen molar-refractivity contribution in [3.8, 4) is 5.75 Å². The molecule has 0 radical (unpaired) electrons. The van der Waals surface area contributed by atoms with E-state index in [2.05, 4.69) is 0 Å². The molecule has 0 aliphatic carbocycles. The van der Waals surface area contributed by atoms with Gasteiger partial charge < -0.3 is 20.9 Å². The minimum Gasteiger partial charge on any atom is -0.490 e. The zero-order valence-corrected chi connectivity index (χ0v) is 8.07. The minimum atomic E-state index is -0.160. The molecule has 4 nitrogen and oxygen atoms in total. The molecule has 0 spiro atoms. The van der Waals surface area contributed by atoms with Crippen LogP contribution >= 0.6 is 0 Å². The van der Waals surface area contributed by atoms with E-state index in [0.717, 1.165) is 11.3 Å². The summed E-state index contributed by atoms with van der Waals surface area (Å²) in [5.41, 5.74) is 13.3. The van der Waals surface area contributed by atoms with Gasteiger partial charge in [-0.15, -0.1) is 0 Å². The zero-order valence-electron chi connectivity index (χ0n) is 8.07. The van der Waals surface area contributed by atoms with Crippen LogP contribution in [-0.2, 0) is 4.74 Å². The van der Waals surface area contributed by atoms with Gasteiger partial charge in [0.2, 0.25) is 0 Å². The average Bonchev–Trinajstić information content (AvgIpc) is 2.20. The van der Waals surface area contributed by atoms with E-state index in [1.165, 1.54) is 0 Å². The fourth-order valence-electron chi connectivity index (χ4n) is 1.65. The Bertz CT molecular complexity index is 341. The highest BCUT2D eigenvalue weighted by atomic mass is 16.5. The summed E-state index contributed by atoms with van der Waals surface area (Å²) in [6.07, 6.45) is -0.0932. The maximum atomic E-state index is 6.01. The van der Waals surface area contributed by atoms with Gasteiger partial charge in [-0.3, -0.25) is 0 Å². The number of nitrogen functional groups attached to an aromatic ring is 1. The van der Waals surface area contributed by atoms with Crippen LogP contribution in [0.4, 0.5) is 5.69 Å². The van der Waals surface area contributed by atoms with Crippen LogP contribution in [0.15, 0.2) is 18.2 Å². The van der Waals surface area contributed by atoms with Gasteiger partial charge >= 0.3 is 0 Å². The average molecular weight is 194 g/mol. The Morgan fingerprint density at radius 2 is 2.29 bits per heavy atom. The Kier molecular flexibility index (Phi) is 2.31. The number of rotatable bonds is 1. The number of anilines is 1. The van der Waals surface area contributed by atoms with Gasteiger partial charge in [0, 0.05) is 18.4 Å². The molecule has 0 aromatic heterocycles. The summed E-state index contributed by atoms with van der Waals surface area (Å²) in [6.45, 7) is 0.495. The summed E-state index contributed by atoms with van der Waals surface area (Å²) < 4.78 is 10.7. The summed E-state index contributed by atoms with van der Waals surface area (Å²) in [7, 11) is 1.63. The van der Waals surface area contributed by atoms with Gasteiger partial charge in [-0.05, 0) is 18.2 Å². The van der Waals surface area contributed by atoms with Gasteiger partial charge in [-0.1, -0.05) is 0 Å². The molecule has 76 valence electrons. The molecule has 1 aliphatic heterocycles. The van der Waals surface area contributed by atoms with Crippen LogP contribution < -0.4 is 16.2 Å². The molecule has 0 fully saturated rings. The fourth-order valence-corrected chi connectivity index (χ4v) is 1.65. The van der Waals surface area contributed by atoms with Crippen molar-refractivity contribution < 1.29 is 9.47 Å². The lowest BCUT2D eigenvalue weighted by atomic mass is 9.98. The predicted octanol–water partition coefficient (Wildman–Crippen LogP) is 0.676. The second-order valence-electron chi connectivity index (χ2n) is 3.41. The lowest BCUT2D eigenvalue weighted by Crippen LogP contribution is -2.37. The second-order valence-corrected chi connectivity index (χ2v) is 3.41. The van der Waals surface area contributed by atoms with E-state index < -0.39 is 0 Å². The summed E-state index contributed by atoms with van der Waals surface area (Å²) in [6, 6.07) is 5.33. The number of hydrogen-bond donors (Lipinski definition) is 2. The molecule has 4 heteroatoms. The van der Waals surface area contributed by atoms with E-state index in [9.17, 15) is 0 Å². The Hall–Kier alpha value is -1.26. The Morgan fingerprint density at radius 3 is 3.00 bits per heavy atom. The number of fused-ring (bicyclic) bond motifs is 1. The van der Waals surface area contributed by atoms with Crippen molar-refractivity contribution in [1.29, 1.82) is 0 Å². The van der Waals surface area contributed by atoms with E-state index in [1.54, 1.807) is 13.2 Å². The SMILES string of the molecule is COC1COc2ccc(N)cc2C1N. The molecule has 0 saturated carbocycles. The van der Waals surface area contributed by atoms with Crippen molar-refractivity contribution >= 4 is 5.69 Å². The first-order chi connectivity index (χ1) is 6.72. The van der Waals surface area contributed by atoms with Crippen molar-refractivity contribution in [2.75, 3.05) is 19.5 Å². The fraction of sp³-hybridized carbons (Fsp3) is 0.400. The van der Waals surface area contributed by atoms with Gasteiger partial charge in [0.1, 0.15) is 18.5 Å². The molecular formula is C10H14N2O2. The van der Waals surface area contributed by atoms with Crippen LogP contribution in [-0.4, -0.2) is 19.8 Å². The molecule has 1 heterocycles. The first-order valence-electron chi connectivity index (χ1n) is 4.53. The third-order valence-electron chi connectivity index (χ3n) is 2.50. The summed E-state index contributed by atoms with van der Waals surface area (Å²) in [5.74, 6) is 0.806. The Morgan fingerprint density at radius 1 is 1.50 bits per heavy atom. The van der Waals surface area contributed by atoms with E-state index in [1.807, 2.05) is 12.1 Å². The number of methoxy groups -OCH3 is 1. The van der Waals surface area contributed by atoms with Gasteiger partial charge in [-0.2, -0.15) is 0 Å². The van der Waals surface area contributed by atoms with Crippen molar-refractivity contribution in [2.45, 2.75) is 12.1 Å². The van der Waals surface area contributed by atoms with E-state index >= 15 is 0 Å². The highest BCUT2D eigenvalue weighted by Gasteiger charge is 2.27. The molecule has 2 unspecified atom stereocenters. The highest BCUT2D eigenvalue weighted by Crippen LogP contribution is 2.32. The van der Waals surface area contributed by atoms with Crippen LogP contribution in [0.5, 0.6) is 5.75 Å². The number of nitrogens with two attached hydrogens (primary N) is 2. The quantitative estimate of drug-likeness (QED) is 0.645. The predicted molar refractivity (Wildman–Crippen MR) is 54.1 cm³/mol. The van der Waals surface area contributed by atoms with Gasteiger partial charge in [0.05, 0.1) is 6.04 Å². The Balaban J connectivity index is 2.38. The largest absolute Gasteiger partial charge is 0.490 e. The third kappa shape index (κ3) is 1.42. The normalized spacial score (nSPS) is 25.3. The summed E-state index contributed by atoms with van der Waals surface area (Å²) >= 11 is 0. The minimum absolute atomic E-state index is 0.0932. The smallest absolute Gasteiger partial charge is 0.124 e. The molecule has 2 atom stereocenters. The molecule has 1 aromatic rings. The number of benzene rings is 1. The van der Waals surface area contributed by atoms with Gasteiger partial charge in [0.25, 0.3) is 0 Å². The van der Waals surface area contributed by atoms with Crippen LogP contribution in [0.3, 0.4) is 0 Å². The first-order valence-corrected chi connectivity index (χ1v) is 4.53. The van der Waals surface area contributed by atoms with E-state index in [-0.39, 0.29) is 12.1 Å². The van der Waals surface area contributed by atoms with Crippen LogP contribution in [0.25, 0.3) is 0 Å².